The predicted octanol–water partition coefficient (Wildman–Crippen LogP) is 3.77. The van der Waals surface area contributed by atoms with Crippen LogP contribution >= 0.6 is 0 Å². The minimum absolute atomic E-state index is 0.482. The molecule has 0 bridgehead atoms. The van der Waals surface area contributed by atoms with E-state index in [0.717, 1.165) is 34.2 Å². The van der Waals surface area contributed by atoms with Crippen LogP contribution in [0, 0.1) is 0 Å². The van der Waals surface area contributed by atoms with Crippen LogP contribution in [0.2, 0.25) is 0 Å². The second kappa shape index (κ2) is 6.63. The fourth-order valence-corrected chi connectivity index (χ4v) is 3.49. The lowest BCUT2D eigenvalue weighted by Crippen LogP contribution is -2.16. The van der Waals surface area contributed by atoms with Gasteiger partial charge in [-0.1, -0.05) is 12.8 Å². The van der Waals surface area contributed by atoms with Crippen LogP contribution in [0.4, 0.5) is 5.82 Å². The monoisotopic (exact) mass is 338 g/mol. The van der Waals surface area contributed by atoms with Crippen LogP contribution in [-0.2, 0) is 0 Å². The number of nitrogens with one attached hydrogen (secondary N) is 1. The minimum atomic E-state index is 0.482. The molecule has 2 aromatic heterocycles. The Morgan fingerprint density at radius 3 is 2.76 bits per heavy atom. The lowest BCUT2D eigenvalue weighted by atomic mass is 10.1. The molecule has 1 fully saturated rings. The number of methoxy groups -OCH3 is 2. The molecular weight excluding hydrogens is 316 g/mol. The molecule has 1 aliphatic rings. The maximum absolute atomic E-state index is 5.59. The first-order chi connectivity index (χ1) is 12.3. The van der Waals surface area contributed by atoms with Crippen LogP contribution < -0.4 is 14.8 Å². The maximum Gasteiger partial charge on any atom is 0.157 e. The summed E-state index contributed by atoms with van der Waals surface area (Å²) in [5.74, 6) is 2.49. The third-order valence-corrected chi connectivity index (χ3v) is 4.79. The highest BCUT2D eigenvalue weighted by molar-refractivity contribution is 5.80. The van der Waals surface area contributed by atoms with E-state index in [1.54, 1.807) is 26.6 Å². The van der Waals surface area contributed by atoms with Crippen molar-refractivity contribution in [3.05, 3.63) is 36.8 Å². The van der Waals surface area contributed by atoms with Gasteiger partial charge in [0, 0.05) is 30.1 Å². The summed E-state index contributed by atoms with van der Waals surface area (Å²) in [5, 5.41) is 3.70. The second-order valence-electron chi connectivity index (χ2n) is 6.31. The quantitative estimate of drug-likeness (QED) is 0.767. The van der Waals surface area contributed by atoms with Crippen molar-refractivity contribution in [2.24, 2.45) is 0 Å². The largest absolute Gasteiger partial charge is 0.497 e. The molecule has 0 atom stereocenters. The molecule has 3 aromatic rings. The SMILES string of the molecule is COc1ccc(-c2nc3cnccn3c2NC2CCCC2)c(OC)c1. The first-order valence-electron chi connectivity index (χ1n) is 8.61. The van der Waals surface area contributed by atoms with Crippen molar-refractivity contribution in [2.75, 3.05) is 19.5 Å². The average Bonchev–Trinajstić information content (AvgIpc) is 3.30. The minimum Gasteiger partial charge on any atom is -0.497 e. The molecule has 1 N–H and O–H groups in total. The summed E-state index contributed by atoms with van der Waals surface area (Å²) in [6, 6.07) is 6.29. The van der Waals surface area contributed by atoms with E-state index in [0.29, 0.717) is 6.04 Å². The van der Waals surface area contributed by atoms with Gasteiger partial charge >= 0.3 is 0 Å². The van der Waals surface area contributed by atoms with Crippen LogP contribution in [0.1, 0.15) is 25.7 Å². The topological polar surface area (TPSA) is 60.7 Å². The number of hydrogen-bond donors (Lipinski definition) is 1. The third-order valence-electron chi connectivity index (χ3n) is 4.79. The Kier molecular flexibility index (Phi) is 4.17. The first-order valence-corrected chi connectivity index (χ1v) is 8.61. The van der Waals surface area contributed by atoms with Gasteiger partial charge in [-0.2, -0.15) is 0 Å². The number of imidazole rings is 1. The summed E-state index contributed by atoms with van der Waals surface area (Å²) in [6.45, 7) is 0. The molecule has 1 aromatic carbocycles. The average molecular weight is 338 g/mol. The Bertz CT molecular complexity index is 884. The van der Waals surface area contributed by atoms with Gasteiger partial charge in [-0.3, -0.25) is 9.38 Å². The van der Waals surface area contributed by atoms with Crippen LogP contribution in [-0.4, -0.2) is 34.6 Å². The number of aromatic nitrogens is 3. The van der Waals surface area contributed by atoms with Crippen molar-refractivity contribution in [1.82, 2.24) is 14.4 Å². The molecule has 4 rings (SSSR count). The van der Waals surface area contributed by atoms with E-state index in [-0.39, 0.29) is 0 Å². The molecule has 25 heavy (non-hydrogen) atoms. The number of ether oxygens (including phenoxy) is 2. The van der Waals surface area contributed by atoms with E-state index in [2.05, 4.69) is 14.7 Å². The number of benzene rings is 1. The van der Waals surface area contributed by atoms with E-state index in [1.165, 1.54) is 25.7 Å². The molecule has 0 saturated heterocycles. The standard InChI is InChI=1S/C19H22N4O2/c1-24-14-7-8-15(16(11-14)25-2)18-19(21-13-5-3-4-6-13)23-10-9-20-12-17(23)22-18/h7-13,21H,3-6H2,1-2H3. The highest BCUT2D eigenvalue weighted by atomic mass is 16.5. The van der Waals surface area contributed by atoms with Crippen LogP contribution in [0.15, 0.2) is 36.8 Å². The van der Waals surface area contributed by atoms with E-state index >= 15 is 0 Å². The highest BCUT2D eigenvalue weighted by Gasteiger charge is 2.22. The Morgan fingerprint density at radius 2 is 2.00 bits per heavy atom. The van der Waals surface area contributed by atoms with E-state index in [9.17, 15) is 0 Å². The second-order valence-corrected chi connectivity index (χ2v) is 6.31. The molecule has 0 aliphatic heterocycles. The molecule has 130 valence electrons. The zero-order chi connectivity index (χ0) is 17.2. The Morgan fingerprint density at radius 1 is 1.16 bits per heavy atom. The molecule has 2 heterocycles. The Labute approximate surface area is 146 Å². The van der Waals surface area contributed by atoms with Gasteiger partial charge in [-0.15, -0.1) is 0 Å². The molecular formula is C19H22N4O2. The van der Waals surface area contributed by atoms with Gasteiger partial charge in [-0.25, -0.2) is 4.98 Å². The molecule has 0 radical (unpaired) electrons. The molecule has 6 nitrogen and oxygen atoms in total. The lowest BCUT2D eigenvalue weighted by molar-refractivity contribution is 0.395. The van der Waals surface area contributed by atoms with Gasteiger partial charge in [-0.05, 0) is 25.0 Å². The molecule has 0 spiro atoms. The van der Waals surface area contributed by atoms with E-state index in [4.69, 9.17) is 14.5 Å². The van der Waals surface area contributed by atoms with Crippen molar-refractivity contribution in [3.8, 4) is 22.8 Å². The van der Waals surface area contributed by atoms with E-state index in [1.807, 2.05) is 24.4 Å². The van der Waals surface area contributed by atoms with Crippen molar-refractivity contribution < 1.29 is 9.47 Å². The van der Waals surface area contributed by atoms with Crippen molar-refractivity contribution in [2.45, 2.75) is 31.7 Å². The van der Waals surface area contributed by atoms with Gasteiger partial charge in [0.2, 0.25) is 0 Å². The van der Waals surface area contributed by atoms with E-state index < -0.39 is 0 Å². The number of fused-ring (bicyclic) bond motifs is 1. The molecule has 1 aliphatic carbocycles. The van der Waals surface area contributed by atoms with Gasteiger partial charge < -0.3 is 14.8 Å². The van der Waals surface area contributed by atoms with Gasteiger partial charge in [0.15, 0.2) is 5.65 Å². The highest BCUT2D eigenvalue weighted by Crippen LogP contribution is 2.38. The Hall–Kier alpha value is -2.76. The van der Waals surface area contributed by atoms with Gasteiger partial charge in [0.05, 0.1) is 20.4 Å². The van der Waals surface area contributed by atoms with Crippen LogP contribution in [0.25, 0.3) is 16.9 Å². The normalized spacial score (nSPS) is 14.8. The fourth-order valence-electron chi connectivity index (χ4n) is 3.49. The number of nitrogens with zero attached hydrogens (tertiary/aromatic N) is 3. The summed E-state index contributed by atoms with van der Waals surface area (Å²) in [6.07, 6.45) is 10.4. The zero-order valence-corrected chi connectivity index (χ0v) is 14.5. The zero-order valence-electron chi connectivity index (χ0n) is 14.5. The molecule has 0 amide bonds. The van der Waals surface area contributed by atoms with Crippen LogP contribution in [0.5, 0.6) is 11.5 Å². The number of anilines is 1. The first kappa shape index (κ1) is 15.7. The summed E-state index contributed by atoms with van der Waals surface area (Å²) in [4.78, 5) is 9.01. The number of hydrogen-bond acceptors (Lipinski definition) is 5. The van der Waals surface area contributed by atoms with Crippen molar-refractivity contribution >= 4 is 11.5 Å². The van der Waals surface area contributed by atoms with Gasteiger partial charge in [0.25, 0.3) is 0 Å². The molecule has 1 saturated carbocycles. The number of rotatable bonds is 5. The van der Waals surface area contributed by atoms with Crippen LogP contribution in [0.3, 0.4) is 0 Å². The van der Waals surface area contributed by atoms with Crippen molar-refractivity contribution in [1.29, 1.82) is 0 Å². The fraction of sp³-hybridized carbons (Fsp3) is 0.368. The summed E-state index contributed by atoms with van der Waals surface area (Å²) in [7, 11) is 3.32. The summed E-state index contributed by atoms with van der Waals surface area (Å²) in [5.41, 5.74) is 2.63. The summed E-state index contributed by atoms with van der Waals surface area (Å²) >= 11 is 0. The Balaban J connectivity index is 1.86. The maximum atomic E-state index is 5.59. The van der Waals surface area contributed by atoms with Gasteiger partial charge in [0.1, 0.15) is 23.0 Å². The molecule has 0 unspecified atom stereocenters. The predicted molar refractivity (Wildman–Crippen MR) is 97.4 cm³/mol. The molecule has 6 heteroatoms. The summed E-state index contributed by atoms with van der Waals surface area (Å²) < 4.78 is 13.0. The van der Waals surface area contributed by atoms with Crippen molar-refractivity contribution in [3.63, 3.8) is 0 Å². The smallest absolute Gasteiger partial charge is 0.157 e. The third kappa shape index (κ3) is 2.88. The lowest BCUT2D eigenvalue weighted by Gasteiger charge is -2.16.